The van der Waals surface area contributed by atoms with Crippen LogP contribution in [0.5, 0.6) is 0 Å². The Morgan fingerprint density at radius 1 is 1.47 bits per heavy atom. The molecule has 1 saturated carbocycles. The first-order chi connectivity index (χ1) is 7.15. The molecule has 0 aliphatic heterocycles. The molecule has 0 bridgehead atoms. The number of hydrogen-bond donors (Lipinski definition) is 1. The molecule has 2 nitrogen and oxygen atoms in total. The van der Waals surface area contributed by atoms with Crippen LogP contribution in [-0.4, -0.2) is 17.4 Å². The first kappa shape index (κ1) is 11.7. The third kappa shape index (κ3) is 2.86. The van der Waals surface area contributed by atoms with Gasteiger partial charge < -0.3 is 5.32 Å². The molecule has 82 valence electrons. The summed E-state index contributed by atoms with van der Waals surface area (Å²) in [6, 6.07) is 1.98. The Hall–Kier alpha value is 0.200. The van der Waals surface area contributed by atoms with Gasteiger partial charge in [0, 0.05) is 28.5 Å². The van der Waals surface area contributed by atoms with Gasteiger partial charge in [0.1, 0.15) is 5.82 Å². The van der Waals surface area contributed by atoms with Gasteiger partial charge in [-0.25, -0.2) is 4.98 Å². The van der Waals surface area contributed by atoms with E-state index in [-0.39, 0.29) is 0 Å². The van der Waals surface area contributed by atoms with Crippen LogP contribution in [-0.2, 0) is 0 Å². The van der Waals surface area contributed by atoms with Gasteiger partial charge in [0.15, 0.2) is 0 Å². The molecule has 0 saturated heterocycles. The van der Waals surface area contributed by atoms with E-state index >= 15 is 0 Å². The number of nitrogens with one attached hydrogen (secondary N) is 1. The highest BCUT2D eigenvalue weighted by Gasteiger charge is 2.41. The van der Waals surface area contributed by atoms with Crippen LogP contribution in [0.25, 0.3) is 0 Å². The monoisotopic (exact) mass is 352 g/mol. The average Bonchev–Trinajstić information content (AvgIpc) is 2.97. The fourth-order valence-electron chi connectivity index (χ4n) is 1.35. The normalized spacial score (nSPS) is 17.5. The van der Waals surface area contributed by atoms with E-state index in [2.05, 4.69) is 42.2 Å². The van der Waals surface area contributed by atoms with Crippen molar-refractivity contribution in [2.75, 3.05) is 17.7 Å². The van der Waals surface area contributed by atoms with Crippen molar-refractivity contribution in [3.8, 4) is 0 Å². The maximum absolute atomic E-state index is 5.91. The molecule has 1 fully saturated rings. The van der Waals surface area contributed by atoms with Crippen LogP contribution in [0, 0.1) is 5.41 Å². The zero-order valence-electron chi connectivity index (χ0n) is 8.06. The molecule has 1 N–H and O–H groups in total. The summed E-state index contributed by atoms with van der Waals surface area (Å²) in [5.41, 5.74) is 0.315. The molecule has 1 aliphatic carbocycles. The van der Waals surface area contributed by atoms with Crippen LogP contribution in [0.4, 0.5) is 5.82 Å². The number of rotatable bonds is 4. The van der Waals surface area contributed by atoms with Crippen LogP contribution in [0.1, 0.15) is 12.8 Å². The summed E-state index contributed by atoms with van der Waals surface area (Å²) in [5.74, 6) is 1.61. The van der Waals surface area contributed by atoms with E-state index in [4.69, 9.17) is 11.6 Å². The minimum absolute atomic E-state index is 0.315. The topological polar surface area (TPSA) is 24.9 Å². The smallest absolute Gasteiger partial charge is 0.140 e. The molecule has 0 amide bonds. The Kier molecular flexibility index (Phi) is 3.58. The molecule has 0 atom stereocenters. The van der Waals surface area contributed by atoms with Gasteiger partial charge in [-0.2, -0.15) is 0 Å². The Morgan fingerprint density at radius 3 is 2.73 bits per heavy atom. The Morgan fingerprint density at radius 2 is 2.20 bits per heavy atom. The van der Waals surface area contributed by atoms with Crippen LogP contribution in [0.2, 0.25) is 0 Å². The van der Waals surface area contributed by atoms with Crippen LogP contribution >= 0.6 is 43.5 Å². The van der Waals surface area contributed by atoms with Gasteiger partial charge in [-0.15, -0.1) is 11.6 Å². The van der Waals surface area contributed by atoms with Gasteiger partial charge in [-0.3, -0.25) is 0 Å². The Labute approximate surface area is 111 Å². The quantitative estimate of drug-likeness (QED) is 0.826. The third-order valence-corrected chi connectivity index (χ3v) is 4.28. The molecule has 1 aromatic heterocycles. The van der Waals surface area contributed by atoms with Gasteiger partial charge in [0.05, 0.1) is 4.47 Å². The fourth-order valence-corrected chi connectivity index (χ4v) is 2.84. The van der Waals surface area contributed by atoms with E-state index in [1.54, 1.807) is 6.20 Å². The van der Waals surface area contributed by atoms with Crippen molar-refractivity contribution in [2.45, 2.75) is 12.8 Å². The second-order valence-electron chi connectivity index (χ2n) is 3.97. The van der Waals surface area contributed by atoms with E-state index in [0.717, 1.165) is 27.2 Å². The van der Waals surface area contributed by atoms with Crippen molar-refractivity contribution in [3.05, 3.63) is 21.2 Å². The molecule has 2 rings (SSSR count). The predicted molar refractivity (Wildman–Crippen MR) is 70.5 cm³/mol. The van der Waals surface area contributed by atoms with Crippen LogP contribution in [0.15, 0.2) is 21.2 Å². The average molecular weight is 354 g/mol. The Balaban J connectivity index is 1.99. The van der Waals surface area contributed by atoms with E-state index in [1.807, 2.05) is 6.07 Å². The first-order valence-corrected chi connectivity index (χ1v) is 6.88. The van der Waals surface area contributed by atoms with E-state index in [9.17, 15) is 0 Å². The summed E-state index contributed by atoms with van der Waals surface area (Å²) >= 11 is 12.7. The van der Waals surface area contributed by atoms with Crippen LogP contribution in [0.3, 0.4) is 0 Å². The molecule has 15 heavy (non-hydrogen) atoms. The van der Waals surface area contributed by atoms with Crippen molar-refractivity contribution < 1.29 is 0 Å². The molecule has 1 aliphatic rings. The summed E-state index contributed by atoms with van der Waals surface area (Å²) in [7, 11) is 0. The minimum Gasteiger partial charge on any atom is -0.369 e. The molecule has 0 unspecified atom stereocenters. The van der Waals surface area contributed by atoms with Crippen molar-refractivity contribution in [1.82, 2.24) is 4.98 Å². The van der Waals surface area contributed by atoms with Gasteiger partial charge >= 0.3 is 0 Å². The van der Waals surface area contributed by atoms with E-state index in [0.29, 0.717) is 5.41 Å². The fraction of sp³-hybridized carbons (Fsp3) is 0.500. The highest BCUT2D eigenvalue weighted by Crippen LogP contribution is 2.46. The number of alkyl halides is 1. The lowest BCUT2D eigenvalue weighted by Crippen LogP contribution is -2.17. The standard InChI is InChI=1S/C10H11Br2ClN2/c11-7-3-8(12)9(14-4-7)15-6-10(5-13)1-2-10/h3-4H,1-2,5-6H2,(H,14,15). The second-order valence-corrected chi connectivity index (χ2v) is 6.01. The van der Waals surface area contributed by atoms with Crippen molar-refractivity contribution in [1.29, 1.82) is 0 Å². The number of halogens is 3. The maximum atomic E-state index is 5.91. The molecule has 0 radical (unpaired) electrons. The molecule has 5 heteroatoms. The van der Waals surface area contributed by atoms with E-state index in [1.165, 1.54) is 12.8 Å². The van der Waals surface area contributed by atoms with E-state index < -0.39 is 0 Å². The number of pyridine rings is 1. The van der Waals surface area contributed by atoms with Crippen molar-refractivity contribution in [3.63, 3.8) is 0 Å². The zero-order chi connectivity index (χ0) is 10.9. The molecule has 1 aromatic rings. The number of anilines is 1. The molecular formula is C10H11Br2ClN2. The van der Waals surface area contributed by atoms with Gasteiger partial charge in [-0.1, -0.05) is 0 Å². The minimum atomic E-state index is 0.315. The lowest BCUT2D eigenvalue weighted by molar-refractivity contribution is 0.617. The largest absolute Gasteiger partial charge is 0.369 e. The molecule has 0 spiro atoms. The highest BCUT2D eigenvalue weighted by atomic mass is 79.9. The lowest BCUT2D eigenvalue weighted by Gasteiger charge is -2.13. The molecular weight excluding hydrogens is 343 g/mol. The highest BCUT2D eigenvalue weighted by molar-refractivity contribution is 9.11. The third-order valence-electron chi connectivity index (χ3n) is 2.68. The SMILES string of the molecule is ClCC1(CNc2ncc(Br)cc2Br)CC1. The summed E-state index contributed by atoms with van der Waals surface area (Å²) in [6.45, 7) is 0.906. The summed E-state index contributed by atoms with van der Waals surface area (Å²) < 4.78 is 1.95. The predicted octanol–water partition coefficient (Wildman–Crippen LogP) is 4.04. The summed E-state index contributed by atoms with van der Waals surface area (Å²) in [6.07, 6.45) is 4.22. The van der Waals surface area contributed by atoms with Gasteiger partial charge in [0.2, 0.25) is 0 Å². The number of hydrogen-bond acceptors (Lipinski definition) is 2. The lowest BCUT2D eigenvalue weighted by atomic mass is 10.1. The van der Waals surface area contributed by atoms with Crippen molar-refractivity contribution >= 4 is 49.3 Å². The number of nitrogens with zero attached hydrogens (tertiary/aromatic N) is 1. The maximum Gasteiger partial charge on any atom is 0.140 e. The zero-order valence-corrected chi connectivity index (χ0v) is 12.0. The Bertz CT molecular complexity index is 366. The van der Waals surface area contributed by atoms with Gasteiger partial charge in [0.25, 0.3) is 0 Å². The van der Waals surface area contributed by atoms with Crippen LogP contribution < -0.4 is 5.32 Å². The summed E-state index contributed by atoms with van der Waals surface area (Å²) in [4.78, 5) is 4.30. The van der Waals surface area contributed by atoms with Crippen molar-refractivity contribution in [2.24, 2.45) is 5.41 Å². The summed E-state index contributed by atoms with van der Waals surface area (Å²) in [5, 5.41) is 3.33. The molecule has 1 heterocycles. The second kappa shape index (κ2) is 4.60. The first-order valence-electron chi connectivity index (χ1n) is 4.76. The molecule has 0 aromatic carbocycles. The number of aromatic nitrogens is 1. The van der Waals surface area contributed by atoms with Gasteiger partial charge in [-0.05, 0) is 50.8 Å².